The Morgan fingerprint density at radius 2 is 0.962 bits per heavy atom. The summed E-state index contributed by atoms with van der Waals surface area (Å²) >= 11 is 31.0. The molecule has 405 valence electrons. The van der Waals surface area contributed by atoms with E-state index in [2.05, 4.69) is 126 Å². The maximum atomic E-state index is 11.7. The zero-order valence-electron chi connectivity index (χ0n) is 41.6. The number of halogens is 6. The van der Waals surface area contributed by atoms with Crippen LogP contribution in [0.5, 0.6) is 0 Å². The monoisotopic (exact) mass is 1360 g/mol. The van der Waals surface area contributed by atoms with Crippen LogP contribution in [-0.4, -0.2) is 55.8 Å². The molecular formula is C61H51Cl6IrN7O3P-. The quantitative estimate of drug-likeness (QED) is 0.0593. The predicted octanol–water partition coefficient (Wildman–Crippen LogP) is 18.3. The van der Waals surface area contributed by atoms with Gasteiger partial charge in [-0.25, -0.2) is 9.97 Å². The van der Waals surface area contributed by atoms with E-state index in [0.29, 0.717) is 11.7 Å². The summed E-state index contributed by atoms with van der Waals surface area (Å²) in [6, 6.07) is 66.2. The van der Waals surface area contributed by atoms with Crippen molar-refractivity contribution in [3.8, 4) is 0 Å². The van der Waals surface area contributed by atoms with Crippen molar-refractivity contribution in [2.45, 2.75) is 13.7 Å². The summed E-state index contributed by atoms with van der Waals surface area (Å²) in [5, 5.41) is 14.0. The molecular weight excluding hydrogens is 1310 g/mol. The minimum Gasteiger partial charge on any atom is -0.340 e. The van der Waals surface area contributed by atoms with Crippen molar-refractivity contribution in [2.24, 2.45) is 5.73 Å². The molecule has 6 aromatic heterocycles. The van der Waals surface area contributed by atoms with Gasteiger partial charge in [-0.2, -0.15) is 0 Å². The maximum absolute atomic E-state index is 11.7. The van der Waals surface area contributed by atoms with Crippen LogP contribution >= 0.6 is 71.2 Å². The van der Waals surface area contributed by atoms with Crippen LogP contribution in [0.3, 0.4) is 0 Å². The zero-order chi connectivity index (χ0) is 54.1. The molecule has 8 aromatic carbocycles. The summed E-state index contributed by atoms with van der Waals surface area (Å²) in [5.74, 6) is 0. The Hall–Kier alpha value is -5.98. The van der Waals surface area contributed by atoms with Gasteiger partial charge in [-0.3, -0.25) is 14.2 Å². The van der Waals surface area contributed by atoms with Crippen molar-refractivity contribution in [3.05, 3.63) is 234 Å². The van der Waals surface area contributed by atoms with Gasteiger partial charge in [-0.05, 0) is 51.9 Å². The fourth-order valence-corrected chi connectivity index (χ4v) is 9.30. The molecule has 0 amide bonds. The molecule has 0 unspecified atom stereocenters. The topological polar surface area (TPSA) is 125 Å². The molecule has 14 rings (SSSR count). The van der Waals surface area contributed by atoms with Crippen LogP contribution in [-0.2, 0) is 29.6 Å². The van der Waals surface area contributed by atoms with E-state index in [9.17, 15) is 4.79 Å². The van der Waals surface area contributed by atoms with Crippen LogP contribution < -0.4 is 11.3 Å². The molecule has 0 atom stereocenters. The van der Waals surface area contributed by atoms with Gasteiger partial charge in [0.05, 0.1) is 16.7 Å². The van der Waals surface area contributed by atoms with Crippen molar-refractivity contribution < 1.29 is 29.6 Å². The third kappa shape index (κ3) is 14.5. The Morgan fingerprint density at radius 1 is 0.544 bits per heavy atom. The van der Waals surface area contributed by atoms with Crippen LogP contribution in [0, 0.1) is 6.07 Å². The fourth-order valence-electron chi connectivity index (χ4n) is 9.05. The average molecular weight is 1370 g/mol. The summed E-state index contributed by atoms with van der Waals surface area (Å²) in [4.78, 5) is 27.9. The number of nitrogens with one attached hydrogen (secondary N) is 1. The first kappa shape index (κ1) is 60.7. The standard InChI is InChI=1S/C15H10N2.C15H9N2.C13H8ClN.C13H9NO.C4H11NO2.CH4.Cl5P.Ir/c2*1-2-7-13-11(5-1)12-6-3-4-8-14(12)17-10-9-16-15(13)17;14-13-11-7-2-1-5-9(11)10-6-3-4-8-12(10)15-13;15-13-11-7-2-1-5-9(11)10-6-3-4-8-12(10)14-13;1-6-4(3-5)7-2;;1-6(2,3,4)5;/h1-10H;1-6,8-10H;1-8H;1-8H,(H,14,15);4H,3,5H2,1-2H3;1H4;;/q;-1;;;;;;. The number of nitrogens with two attached hydrogens (primary N) is 1. The maximum Gasteiger partial charge on any atom is 0.256 e. The molecule has 0 bridgehead atoms. The first-order chi connectivity index (χ1) is 37.2. The number of fused-ring (bicyclic) bond motifs is 18. The summed E-state index contributed by atoms with van der Waals surface area (Å²) < 4.78 is 9.98. The molecule has 79 heavy (non-hydrogen) atoms. The molecule has 1 radical (unpaired) electrons. The fraction of sp³-hybridized carbons (Fsp3) is 0.0820. The van der Waals surface area contributed by atoms with Gasteiger partial charge in [-0.1, -0.05) is 164 Å². The van der Waals surface area contributed by atoms with E-state index in [-0.39, 0.29) is 39.4 Å². The van der Waals surface area contributed by atoms with Gasteiger partial charge < -0.3 is 24.6 Å². The minimum atomic E-state index is -3.69. The van der Waals surface area contributed by atoms with E-state index < -0.39 is 3.37 Å². The van der Waals surface area contributed by atoms with Gasteiger partial charge in [0.15, 0.2) is 6.29 Å². The first-order valence-electron chi connectivity index (χ1n) is 23.9. The number of H-pyrrole nitrogens is 1. The van der Waals surface area contributed by atoms with Gasteiger partial charge in [0, 0.05) is 109 Å². The van der Waals surface area contributed by atoms with Gasteiger partial charge >= 0.3 is 59.6 Å². The third-order valence-corrected chi connectivity index (χ3v) is 12.6. The van der Waals surface area contributed by atoms with Crippen LogP contribution in [0.1, 0.15) is 7.43 Å². The Labute approximate surface area is 498 Å². The second-order valence-electron chi connectivity index (χ2n) is 17.1. The summed E-state index contributed by atoms with van der Waals surface area (Å²) in [6.07, 6.45) is 7.47. The van der Waals surface area contributed by atoms with Crippen LogP contribution in [0.25, 0.3) is 98.0 Å². The number of pyridine rings is 4. The van der Waals surface area contributed by atoms with Crippen LogP contribution in [0.15, 0.2) is 218 Å². The van der Waals surface area contributed by atoms with E-state index in [1.165, 1.54) is 38.0 Å². The predicted molar refractivity (Wildman–Crippen MR) is 335 cm³/mol. The average Bonchev–Trinajstić information content (AvgIpc) is 4.37. The molecule has 18 heteroatoms. The van der Waals surface area contributed by atoms with Crippen LogP contribution in [0.4, 0.5) is 0 Å². The summed E-state index contributed by atoms with van der Waals surface area (Å²) in [5.41, 5.74) is 11.3. The number of hydrogen-bond acceptors (Lipinski definition) is 7. The van der Waals surface area contributed by atoms with Gasteiger partial charge in [0.2, 0.25) is 0 Å². The Morgan fingerprint density at radius 3 is 1.53 bits per heavy atom. The number of para-hydroxylation sites is 4. The SMILES string of the molecule is C.COC(CN)OC.ClP(Cl)(Cl)(Cl)Cl.Clc1nc2ccccc2c2ccccc12.O=c1[nH]c2ccccc2c2ccccc12.[Ir].[c-]1cccc2c1c1nccn1c1ccccc21.c1ccc2c(c1)c1ccccc1n1ccnc21. The van der Waals surface area contributed by atoms with E-state index in [0.717, 1.165) is 60.0 Å². The summed E-state index contributed by atoms with van der Waals surface area (Å²) in [6.45, 7) is 0.410. The molecule has 14 aromatic rings. The molecule has 0 saturated carbocycles. The molecule has 0 saturated heterocycles. The smallest absolute Gasteiger partial charge is 0.256 e. The number of benzene rings is 8. The van der Waals surface area contributed by atoms with Gasteiger partial charge in [0.25, 0.3) is 5.56 Å². The van der Waals surface area contributed by atoms with Crippen molar-refractivity contribution in [3.63, 3.8) is 0 Å². The largest absolute Gasteiger partial charge is 0.340 e. The normalized spacial score (nSPS) is 11.5. The first-order valence-corrected chi connectivity index (χ1v) is 31.0. The second-order valence-corrected chi connectivity index (χ2v) is 34.0. The molecule has 10 nitrogen and oxygen atoms in total. The molecule has 0 aliphatic rings. The Kier molecular flexibility index (Phi) is 20.7. The molecule has 0 aliphatic carbocycles. The molecule has 3 N–H and O–H groups in total. The Balaban J connectivity index is 0.000000141. The minimum absolute atomic E-state index is 0. The van der Waals surface area contributed by atoms with Crippen LogP contribution in [0.2, 0.25) is 5.15 Å². The van der Waals surface area contributed by atoms with E-state index in [1.807, 2.05) is 122 Å². The number of hydrogen-bond donors (Lipinski definition) is 2. The second kappa shape index (κ2) is 27.0. The zero-order valence-corrected chi connectivity index (χ0v) is 49.4. The third-order valence-electron chi connectivity index (χ3n) is 12.4. The number of ether oxygens (including phenoxy) is 2. The summed E-state index contributed by atoms with van der Waals surface area (Å²) in [7, 11) is 3.11. The van der Waals surface area contributed by atoms with Crippen molar-refractivity contribution in [1.29, 1.82) is 0 Å². The number of rotatable bonds is 3. The molecule has 0 fully saturated rings. The van der Waals surface area contributed by atoms with E-state index >= 15 is 0 Å². The number of aromatic nitrogens is 6. The number of aromatic amines is 1. The molecule has 0 spiro atoms. The Bertz CT molecular complexity index is 4130. The van der Waals surface area contributed by atoms with Crippen molar-refractivity contribution in [1.82, 2.24) is 28.7 Å². The number of nitrogens with zero attached hydrogens (tertiary/aromatic N) is 5. The molecule has 0 aliphatic heterocycles. The van der Waals surface area contributed by atoms with E-state index in [1.54, 1.807) is 14.2 Å². The van der Waals surface area contributed by atoms with E-state index in [4.69, 9.17) is 83.0 Å². The number of imidazole rings is 2. The van der Waals surface area contributed by atoms with Crippen molar-refractivity contribution in [2.75, 3.05) is 20.8 Å². The van der Waals surface area contributed by atoms with Gasteiger partial charge in [-0.15, -0.1) is 29.7 Å². The molecule has 6 heterocycles. The van der Waals surface area contributed by atoms with Crippen molar-refractivity contribution >= 4 is 169 Å². The number of methoxy groups -OCH3 is 2. The van der Waals surface area contributed by atoms with Gasteiger partial charge in [0.1, 0.15) is 10.8 Å².